The number of hydrogen-bond acceptors (Lipinski definition) is 5. The zero-order valence-electron chi connectivity index (χ0n) is 14.0. The molecule has 5 heteroatoms. The molecule has 1 aromatic carbocycles. The van der Waals surface area contributed by atoms with Crippen LogP contribution in [0.3, 0.4) is 0 Å². The lowest BCUT2D eigenvalue weighted by Gasteiger charge is -2.34. The second-order valence-electron chi connectivity index (χ2n) is 7.24. The van der Waals surface area contributed by atoms with E-state index in [0.29, 0.717) is 26.2 Å². The maximum atomic E-state index is 12.4. The summed E-state index contributed by atoms with van der Waals surface area (Å²) in [4.78, 5) is 14.6. The number of nitrogens with zero attached hydrogens (tertiary/aromatic N) is 1. The van der Waals surface area contributed by atoms with Gasteiger partial charge >= 0.3 is 5.97 Å². The first-order chi connectivity index (χ1) is 10.9. The molecule has 2 aliphatic heterocycles. The Kier molecular flexibility index (Phi) is 4.71. The van der Waals surface area contributed by atoms with Crippen molar-refractivity contribution in [1.29, 1.82) is 0 Å². The van der Waals surface area contributed by atoms with E-state index in [-0.39, 0.29) is 29.9 Å². The van der Waals surface area contributed by atoms with Gasteiger partial charge < -0.3 is 14.2 Å². The summed E-state index contributed by atoms with van der Waals surface area (Å²) >= 11 is 0. The summed E-state index contributed by atoms with van der Waals surface area (Å²) in [5, 5.41) is 0. The summed E-state index contributed by atoms with van der Waals surface area (Å²) in [7, 11) is 0. The van der Waals surface area contributed by atoms with E-state index in [0.717, 1.165) is 0 Å². The first-order valence-corrected chi connectivity index (χ1v) is 8.18. The Morgan fingerprint density at radius 3 is 2.39 bits per heavy atom. The van der Waals surface area contributed by atoms with Gasteiger partial charge in [-0.1, -0.05) is 51.1 Å². The molecule has 2 aliphatic rings. The third-order valence-corrected chi connectivity index (χ3v) is 4.26. The molecule has 23 heavy (non-hydrogen) atoms. The van der Waals surface area contributed by atoms with Crippen LogP contribution >= 0.6 is 0 Å². The Morgan fingerprint density at radius 1 is 1.13 bits per heavy atom. The molecule has 0 bridgehead atoms. The van der Waals surface area contributed by atoms with E-state index in [4.69, 9.17) is 14.2 Å². The Bertz CT molecular complexity index is 534. The fourth-order valence-electron chi connectivity index (χ4n) is 3.17. The van der Waals surface area contributed by atoms with Crippen molar-refractivity contribution in [2.75, 3.05) is 13.2 Å². The average molecular weight is 319 g/mol. The number of ether oxygens (including phenoxy) is 3. The number of rotatable bonds is 4. The van der Waals surface area contributed by atoms with Crippen molar-refractivity contribution in [1.82, 2.24) is 4.90 Å². The van der Waals surface area contributed by atoms with Gasteiger partial charge in [0.15, 0.2) is 12.5 Å². The highest BCUT2D eigenvalue weighted by Crippen LogP contribution is 2.35. The van der Waals surface area contributed by atoms with Gasteiger partial charge in [0.1, 0.15) is 6.04 Å². The molecule has 0 spiro atoms. The predicted octanol–water partition coefficient (Wildman–Crippen LogP) is 2.55. The summed E-state index contributed by atoms with van der Waals surface area (Å²) in [5.74, 6) is -0.181. The molecule has 0 aliphatic carbocycles. The first-order valence-electron chi connectivity index (χ1n) is 8.18. The van der Waals surface area contributed by atoms with Crippen LogP contribution in [0.2, 0.25) is 0 Å². The molecule has 3 rings (SSSR count). The van der Waals surface area contributed by atoms with Crippen LogP contribution in [0, 0.1) is 5.41 Å². The summed E-state index contributed by atoms with van der Waals surface area (Å²) in [6, 6.07) is 9.83. The molecule has 2 atom stereocenters. The predicted molar refractivity (Wildman–Crippen MR) is 85.4 cm³/mol. The van der Waals surface area contributed by atoms with Crippen LogP contribution in [0.25, 0.3) is 0 Å². The van der Waals surface area contributed by atoms with Crippen molar-refractivity contribution in [2.24, 2.45) is 5.41 Å². The molecule has 1 aromatic rings. The van der Waals surface area contributed by atoms with Crippen molar-refractivity contribution in [3.8, 4) is 0 Å². The standard InChI is InChI=1S/C18H25NO4/c1-18(2,3)17-19(12-13-7-5-4-6-8-13)14(16(20)23-17)11-15-21-9-10-22-15/h4-8,14-15,17H,9-12H2,1-3H3/t14-,17+/m1/s1. The van der Waals surface area contributed by atoms with Crippen LogP contribution in [0.15, 0.2) is 30.3 Å². The summed E-state index contributed by atoms with van der Waals surface area (Å²) < 4.78 is 16.8. The maximum absolute atomic E-state index is 12.4. The lowest BCUT2D eigenvalue weighted by Crippen LogP contribution is -2.44. The summed E-state index contributed by atoms with van der Waals surface area (Å²) in [6.45, 7) is 8.13. The van der Waals surface area contributed by atoms with Gasteiger partial charge in [0, 0.05) is 18.4 Å². The van der Waals surface area contributed by atoms with E-state index in [9.17, 15) is 4.79 Å². The molecule has 0 unspecified atom stereocenters. The van der Waals surface area contributed by atoms with Gasteiger partial charge in [-0.3, -0.25) is 4.79 Å². The largest absolute Gasteiger partial charge is 0.445 e. The third-order valence-electron chi connectivity index (χ3n) is 4.26. The Hall–Kier alpha value is -1.43. The number of carbonyl (C=O) groups is 1. The molecular formula is C18H25NO4. The quantitative estimate of drug-likeness (QED) is 0.798. The molecule has 5 nitrogen and oxygen atoms in total. The Labute approximate surface area is 137 Å². The lowest BCUT2D eigenvalue weighted by atomic mass is 9.92. The van der Waals surface area contributed by atoms with Gasteiger partial charge in [-0.25, -0.2) is 4.90 Å². The lowest BCUT2D eigenvalue weighted by molar-refractivity contribution is -0.148. The van der Waals surface area contributed by atoms with Gasteiger partial charge in [-0.05, 0) is 5.56 Å². The highest BCUT2D eigenvalue weighted by Gasteiger charge is 2.48. The first kappa shape index (κ1) is 16.4. The van der Waals surface area contributed by atoms with E-state index >= 15 is 0 Å². The number of hydrogen-bond donors (Lipinski definition) is 0. The summed E-state index contributed by atoms with van der Waals surface area (Å²) in [5.41, 5.74) is 1.01. The zero-order valence-corrected chi connectivity index (χ0v) is 14.0. The fraction of sp³-hybridized carbons (Fsp3) is 0.611. The van der Waals surface area contributed by atoms with Crippen molar-refractivity contribution in [3.63, 3.8) is 0 Å². The molecule has 0 aromatic heterocycles. The van der Waals surface area contributed by atoms with Gasteiger partial charge in [0.2, 0.25) is 0 Å². The zero-order chi connectivity index (χ0) is 16.4. The average Bonchev–Trinajstić information content (AvgIpc) is 3.11. The molecule has 2 fully saturated rings. The topological polar surface area (TPSA) is 48.0 Å². The van der Waals surface area contributed by atoms with Crippen LogP contribution in [-0.2, 0) is 25.5 Å². The van der Waals surface area contributed by atoms with Crippen LogP contribution in [-0.4, -0.2) is 42.6 Å². The number of benzene rings is 1. The molecule has 0 amide bonds. The van der Waals surface area contributed by atoms with Gasteiger partial charge in [-0.15, -0.1) is 0 Å². The van der Waals surface area contributed by atoms with Crippen molar-refractivity contribution in [3.05, 3.63) is 35.9 Å². The van der Waals surface area contributed by atoms with Crippen LogP contribution in [0.5, 0.6) is 0 Å². The van der Waals surface area contributed by atoms with Crippen LogP contribution < -0.4 is 0 Å². The molecule has 0 saturated carbocycles. The molecule has 0 N–H and O–H groups in total. The second kappa shape index (κ2) is 6.59. The maximum Gasteiger partial charge on any atom is 0.325 e. The fourth-order valence-corrected chi connectivity index (χ4v) is 3.17. The van der Waals surface area contributed by atoms with E-state index in [1.807, 2.05) is 18.2 Å². The molecule has 2 saturated heterocycles. The minimum Gasteiger partial charge on any atom is -0.445 e. The smallest absolute Gasteiger partial charge is 0.325 e. The monoisotopic (exact) mass is 319 g/mol. The molecule has 2 heterocycles. The second-order valence-corrected chi connectivity index (χ2v) is 7.24. The minimum atomic E-state index is -0.331. The highest BCUT2D eigenvalue weighted by atomic mass is 16.7. The van der Waals surface area contributed by atoms with Gasteiger partial charge in [0.05, 0.1) is 13.2 Å². The molecular weight excluding hydrogens is 294 g/mol. The normalized spacial score (nSPS) is 26.7. The van der Waals surface area contributed by atoms with Gasteiger partial charge in [0.25, 0.3) is 0 Å². The van der Waals surface area contributed by atoms with Crippen molar-refractivity contribution in [2.45, 2.75) is 52.3 Å². The van der Waals surface area contributed by atoms with E-state index in [1.165, 1.54) is 5.56 Å². The summed E-state index contributed by atoms with van der Waals surface area (Å²) in [6.07, 6.45) is -0.0516. The SMILES string of the molecule is CC(C)(C)[C@@H]1OC(=O)[C@@H](CC2OCCO2)N1Cc1ccccc1. The highest BCUT2D eigenvalue weighted by molar-refractivity contribution is 5.78. The van der Waals surface area contributed by atoms with Crippen LogP contribution in [0.4, 0.5) is 0 Å². The third kappa shape index (κ3) is 3.74. The molecule has 126 valence electrons. The van der Waals surface area contributed by atoms with E-state index in [1.54, 1.807) is 0 Å². The minimum absolute atomic E-state index is 0.156. The van der Waals surface area contributed by atoms with Gasteiger partial charge in [-0.2, -0.15) is 0 Å². The molecule has 0 radical (unpaired) electrons. The van der Waals surface area contributed by atoms with E-state index in [2.05, 4.69) is 37.8 Å². The Balaban J connectivity index is 1.81. The van der Waals surface area contributed by atoms with Crippen LogP contribution in [0.1, 0.15) is 32.8 Å². The number of cyclic esters (lactones) is 1. The van der Waals surface area contributed by atoms with Crippen molar-refractivity contribution >= 4 is 5.97 Å². The van der Waals surface area contributed by atoms with E-state index < -0.39 is 0 Å². The number of esters is 1. The van der Waals surface area contributed by atoms with Crippen molar-refractivity contribution < 1.29 is 19.0 Å². The number of carbonyl (C=O) groups excluding carboxylic acids is 1. The Morgan fingerprint density at radius 2 is 1.78 bits per heavy atom.